The van der Waals surface area contributed by atoms with E-state index in [2.05, 4.69) is 18.7 Å². The Morgan fingerprint density at radius 3 is 2.18 bits per heavy atom. The van der Waals surface area contributed by atoms with E-state index in [1.165, 1.54) is 44.9 Å². The zero-order valence-electron chi connectivity index (χ0n) is 7.44. The molecule has 1 heteroatoms. The van der Waals surface area contributed by atoms with Gasteiger partial charge in [0.15, 0.2) is 0 Å². The fourth-order valence-electron chi connectivity index (χ4n) is 2.20. The van der Waals surface area contributed by atoms with Gasteiger partial charge in [0, 0.05) is 10.00 Å². The summed E-state index contributed by atoms with van der Waals surface area (Å²) < 4.78 is 0.703. The molecule has 0 aromatic heterocycles. The largest absolute Gasteiger partial charge is 0.152 e. The second-order valence-corrected chi connectivity index (χ2v) is 6.22. The molecule has 0 bridgehead atoms. The molecule has 0 atom stereocenters. The number of thioether (sulfide) groups is 1. The summed E-state index contributed by atoms with van der Waals surface area (Å²) in [6, 6.07) is 0. The predicted molar refractivity (Wildman–Crippen MR) is 52.1 cm³/mol. The highest BCUT2D eigenvalue weighted by molar-refractivity contribution is 8.01. The van der Waals surface area contributed by atoms with Crippen molar-refractivity contribution in [3.8, 4) is 0 Å². The summed E-state index contributed by atoms with van der Waals surface area (Å²) in [5.41, 5.74) is 0. The van der Waals surface area contributed by atoms with Gasteiger partial charge in [-0.25, -0.2) is 0 Å². The van der Waals surface area contributed by atoms with Crippen molar-refractivity contribution in [3.05, 3.63) is 0 Å². The molecule has 0 aliphatic heterocycles. The van der Waals surface area contributed by atoms with Crippen LogP contribution in [0.3, 0.4) is 0 Å². The normalized spacial score (nSPS) is 30.3. The van der Waals surface area contributed by atoms with E-state index in [0.717, 1.165) is 5.25 Å². The van der Waals surface area contributed by atoms with Crippen LogP contribution in [0.25, 0.3) is 0 Å². The maximum Gasteiger partial charge on any atom is 0.0134 e. The van der Waals surface area contributed by atoms with Gasteiger partial charge in [-0.1, -0.05) is 26.2 Å². The van der Waals surface area contributed by atoms with Crippen molar-refractivity contribution in [1.29, 1.82) is 0 Å². The van der Waals surface area contributed by atoms with Crippen molar-refractivity contribution in [2.45, 2.75) is 61.9 Å². The second-order valence-electron chi connectivity index (χ2n) is 4.33. The van der Waals surface area contributed by atoms with Crippen LogP contribution in [0, 0.1) is 0 Å². The van der Waals surface area contributed by atoms with Gasteiger partial charge in [0.25, 0.3) is 0 Å². The molecular weight excluding hydrogens is 152 g/mol. The van der Waals surface area contributed by atoms with Crippen LogP contribution in [0.1, 0.15) is 51.9 Å². The van der Waals surface area contributed by atoms with E-state index < -0.39 is 0 Å². The third kappa shape index (κ3) is 1.74. The van der Waals surface area contributed by atoms with E-state index in [-0.39, 0.29) is 0 Å². The molecule has 0 unspecified atom stereocenters. The first-order chi connectivity index (χ1) is 5.29. The lowest BCUT2D eigenvalue weighted by Gasteiger charge is -2.39. The van der Waals surface area contributed by atoms with Gasteiger partial charge in [-0.3, -0.25) is 0 Å². The first-order valence-electron chi connectivity index (χ1n) is 4.96. The maximum atomic E-state index is 2.46. The van der Waals surface area contributed by atoms with Crippen molar-refractivity contribution in [1.82, 2.24) is 0 Å². The summed E-state index contributed by atoms with van der Waals surface area (Å²) in [7, 11) is 0. The van der Waals surface area contributed by atoms with Crippen molar-refractivity contribution in [3.63, 3.8) is 0 Å². The van der Waals surface area contributed by atoms with E-state index in [1.54, 1.807) is 0 Å². The van der Waals surface area contributed by atoms with E-state index in [9.17, 15) is 0 Å². The summed E-state index contributed by atoms with van der Waals surface area (Å²) in [6.07, 6.45) is 10.4. The van der Waals surface area contributed by atoms with Gasteiger partial charge in [-0.2, -0.15) is 11.8 Å². The summed E-state index contributed by atoms with van der Waals surface area (Å²) in [5, 5.41) is 1.03. The van der Waals surface area contributed by atoms with Crippen LogP contribution in [0.4, 0.5) is 0 Å². The first-order valence-corrected chi connectivity index (χ1v) is 5.84. The average Bonchev–Trinajstić information content (AvgIpc) is 2.36. The lowest BCUT2D eigenvalue weighted by atomic mass is 9.86. The highest BCUT2D eigenvalue weighted by Gasteiger charge is 2.35. The third-order valence-corrected chi connectivity index (χ3v) is 4.95. The highest BCUT2D eigenvalue weighted by atomic mass is 32.2. The molecular formula is C10H18S. The van der Waals surface area contributed by atoms with Crippen molar-refractivity contribution >= 4 is 11.8 Å². The van der Waals surface area contributed by atoms with Crippen molar-refractivity contribution < 1.29 is 0 Å². The third-order valence-electron chi connectivity index (χ3n) is 3.16. The molecule has 2 fully saturated rings. The Bertz CT molecular complexity index is 132. The fraction of sp³-hybridized carbons (Fsp3) is 1.00. The minimum atomic E-state index is 0.703. The van der Waals surface area contributed by atoms with E-state index in [4.69, 9.17) is 0 Å². The number of hydrogen-bond acceptors (Lipinski definition) is 1. The maximum absolute atomic E-state index is 2.46. The van der Waals surface area contributed by atoms with Crippen LogP contribution in [-0.2, 0) is 0 Å². The SMILES string of the molecule is CC1(SC2CCCC2)CCC1. The van der Waals surface area contributed by atoms with Gasteiger partial charge in [0.2, 0.25) is 0 Å². The molecule has 0 aromatic carbocycles. The average molecular weight is 170 g/mol. The summed E-state index contributed by atoms with van der Waals surface area (Å²) in [5.74, 6) is 0. The van der Waals surface area contributed by atoms with E-state index in [1.807, 2.05) is 0 Å². The molecule has 11 heavy (non-hydrogen) atoms. The molecule has 0 heterocycles. The molecule has 0 aromatic rings. The molecule has 0 radical (unpaired) electrons. The smallest absolute Gasteiger partial charge is 0.0134 e. The first kappa shape index (κ1) is 7.97. The zero-order valence-corrected chi connectivity index (χ0v) is 8.25. The molecule has 2 aliphatic rings. The Hall–Kier alpha value is 0.350. The molecule has 0 spiro atoms. The molecule has 2 aliphatic carbocycles. The Balaban J connectivity index is 1.79. The van der Waals surface area contributed by atoms with Crippen LogP contribution in [0.15, 0.2) is 0 Å². The molecule has 0 N–H and O–H groups in total. The topological polar surface area (TPSA) is 0 Å². The minimum Gasteiger partial charge on any atom is -0.152 e. The van der Waals surface area contributed by atoms with Gasteiger partial charge in [0.1, 0.15) is 0 Å². The quantitative estimate of drug-likeness (QED) is 0.610. The monoisotopic (exact) mass is 170 g/mol. The zero-order chi connectivity index (χ0) is 7.73. The van der Waals surface area contributed by atoms with Gasteiger partial charge in [-0.05, 0) is 25.7 Å². The Morgan fingerprint density at radius 1 is 1.09 bits per heavy atom. The van der Waals surface area contributed by atoms with Crippen LogP contribution in [0.2, 0.25) is 0 Å². The highest BCUT2D eigenvalue weighted by Crippen LogP contribution is 2.48. The molecule has 0 saturated heterocycles. The van der Waals surface area contributed by atoms with Crippen LogP contribution in [0.5, 0.6) is 0 Å². The van der Waals surface area contributed by atoms with Crippen LogP contribution in [-0.4, -0.2) is 10.00 Å². The van der Waals surface area contributed by atoms with Gasteiger partial charge >= 0.3 is 0 Å². The standard InChI is InChI=1S/C10H18S/c1-10(7-4-8-10)11-9-5-2-3-6-9/h9H,2-8H2,1H3. The molecule has 0 nitrogen and oxygen atoms in total. The Kier molecular flexibility index (Phi) is 2.18. The summed E-state index contributed by atoms with van der Waals surface area (Å²) in [4.78, 5) is 0. The van der Waals surface area contributed by atoms with Crippen molar-refractivity contribution in [2.75, 3.05) is 0 Å². The van der Waals surface area contributed by atoms with Crippen LogP contribution >= 0.6 is 11.8 Å². The number of rotatable bonds is 2. The second kappa shape index (κ2) is 3.01. The number of hydrogen-bond donors (Lipinski definition) is 0. The van der Waals surface area contributed by atoms with Gasteiger partial charge in [-0.15, -0.1) is 0 Å². The molecule has 64 valence electrons. The van der Waals surface area contributed by atoms with Crippen LogP contribution < -0.4 is 0 Å². The van der Waals surface area contributed by atoms with E-state index >= 15 is 0 Å². The molecule has 2 rings (SSSR count). The Morgan fingerprint density at radius 2 is 1.73 bits per heavy atom. The Labute approximate surface area is 74.1 Å². The van der Waals surface area contributed by atoms with Gasteiger partial charge < -0.3 is 0 Å². The lowest BCUT2D eigenvalue weighted by Crippen LogP contribution is -2.31. The summed E-state index contributed by atoms with van der Waals surface area (Å²) in [6.45, 7) is 2.46. The lowest BCUT2D eigenvalue weighted by molar-refractivity contribution is 0.390. The fourth-order valence-corrected chi connectivity index (χ4v) is 4.10. The van der Waals surface area contributed by atoms with Crippen molar-refractivity contribution in [2.24, 2.45) is 0 Å². The van der Waals surface area contributed by atoms with Gasteiger partial charge in [0.05, 0.1) is 0 Å². The minimum absolute atomic E-state index is 0.703. The summed E-state index contributed by atoms with van der Waals surface area (Å²) >= 11 is 2.30. The molecule has 0 amide bonds. The predicted octanol–water partition coefficient (Wildman–Crippen LogP) is 3.60. The van der Waals surface area contributed by atoms with E-state index in [0.29, 0.717) is 4.75 Å². The molecule has 2 saturated carbocycles.